The molecule has 0 fully saturated rings. The Morgan fingerprint density at radius 2 is 1.90 bits per heavy atom. The molecule has 0 aromatic heterocycles. The number of esters is 1. The predicted molar refractivity (Wildman–Crippen MR) is 77.4 cm³/mol. The Morgan fingerprint density at radius 3 is 2.52 bits per heavy atom. The Bertz CT molecular complexity index is 611. The highest BCUT2D eigenvalue weighted by Gasteiger charge is 2.11. The summed E-state index contributed by atoms with van der Waals surface area (Å²) in [7, 11) is -2.35. The summed E-state index contributed by atoms with van der Waals surface area (Å²) < 4.78 is 29.8. The minimum absolute atomic E-state index is 0.448. The van der Waals surface area contributed by atoms with Gasteiger partial charge in [0.25, 0.3) is 5.91 Å². The molecule has 0 saturated heterocycles. The van der Waals surface area contributed by atoms with Crippen molar-refractivity contribution in [2.75, 3.05) is 20.2 Å². The van der Waals surface area contributed by atoms with Gasteiger partial charge in [0, 0.05) is 12.5 Å². The number of sulfonamides is 1. The lowest BCUT2D eigenvalue weighted by atomic mass is 10.2. The van der Waals surface area contributed by atoms with Crippen LogP contribution in [-0.2, 0) is 24.3 Å². The molecule has 0 radical (unpaired) electrons. The Balaban J connectivity index is 2.44. The zero-order valence-corrected chi connectivity index (χ0v) is 12.2. The maximum atomic E-state index is 11.6. The number of ether oxygens (including phenoxy) is 1. The number of hydrogen-bond acceptors (Lipinski definition) is 5. The number of rotatable bonds is 7. The lowest BCUT2D eigenvalue weighted by Crippen LogP contribution is -2.32. The lowest BCUT2D eigenvalue weighted by molar-refractivity contribution is -0.147. The molecule has 1 rings (SSSR count). The summed E-state index contributed by atoms with van der Waals surface area (Å²) in [5, 5.41) is 3.22. The van der Waals surface area contributed by atoms with E-state index in [-0.39, 0.29) is 0 Å². The lowest BCUT2D eigenvalue weighted by Gasteiger charge is -2.04. The molecule has 0 aliphatic rings. The average Bonchev–Trinajstić information content (AvgIpc) is 2.50. The standard InChI is InChI=1S/C13H16N2O5S/c1-14-12(16)10-20-13(17)9-15-21(18,19)8-7-11-5-3-2-4-6-11/h2-8,15H,9-10H2,1H3,(H,14,16)/b8-7+. The van der Waals surface area contributed by atoms with E-state index in [1.54, 1.807) is 24.3 Å². The first-order valence-corrected chi connectivity index (χ1v) is 7.56. The summed E-state index contributed by atoms with van der Waals surface area (Å²) >= 11 is 0. The zero-order chi connectivity index (χ0) is 15.7. The molecule has 0 atom stereocenters. The molecule has 0 bridgehead atoms. The first kappa shape index (κ1) is 16.9. The van der Waals surface area contributed by atoms with Crippen LogP contribution in [0.1, 0.15) is 5.56 Å². The van der Waals surface area contributed by atoms with E-state index < -0.39 is 35.1 Å². The van der Waals surface area contributed by atoms with Crippen molar-refractivity contribution in [2.24, 2.45) is 0 Å². The van der Waals surface area contributed by atoms with E-state index in [1.165, 1.54) is 13.1 Å². The van der Waals surface area contributed by atoms with Crippen molar-refractivity contribution in [2.45, 2.75) is 0 Å². The minimum Gasteiger partial charge on any atom is -0.455 e. The summed E-state index contributed by atoms with van der Waals surface area (Å²) in [6, 6.07) is 8.84. The zero-order valence-electron chi connectivity index (χ0n) is 11.4. The van der Waals surface area contributed by atoms with Gasteiger partial charge in [-0.1, -0.05) is 30.3 Å². The second kappa shape index (κ2) is 8.18. The monoisotopic (exact) mass is 312 g/mol. The van der Waals surface area contributed by atoms with E-state index in [9.17, 15) is 18.0 Å². The van der Waals surface area contributed by atoms with Crippen LogP contribution in [0.3, 0.4) is 0 Å². The Labute approximate surface area is 123 Å². The SMILES string of the molecule is CNC(=O)COC(=O)CNS(=O)(=O)/C=C/c1ccccc1. The number of carbonyl (C=O) groups excluding carboxylic acids is 2. The molecule has 0 aliphatic heterocycles. The largest absolute Gasteiger partial charge is 0.455 e. The first-order chi connectivity index (χ1) is 9.93. The number of carbonyl (C=O) groups is 2. The number of benzene rings is 1. The molecule has 1 aromatic rings. The summed E-state index contributed by atoms with van der Waals surface area (Å²) in [5.74, 6) is -1.31. The van der Waals surface area contributed by atoms with Gasteiger partial charge in [-0.15, -0.1) is 0 Å². The van der Waals surface area contributed by atoms with Crippen LogP contribution in [0.25, 0.3) is 6.08 Å². The fourth-order valence-electron chi connectivity index (χ4n) is 1.21. The molecular formula is C13H16N2O5S. The molecule has 7 nitrogen and oxygen atoms in total. The van der Waals surface area contributed by atoms with Crippen LogP contribution < -0.4 is 10.0 Å². The van der Waals surface area contributed by atoms with E-state index >= 15 is 0 Å². The highest BCUT2D eigenvalue weighted by molar-refractivity contribution is 7.92. The third-order valence-electron chi connectivity index (χ3n) is 2.30. The minimum atomic E-state index is -3.75. The maximum Gasteiger partial charge on any atom is 0.321 e. The molecule has 8 heteroatoms. The van der Waals surface area contributed by atoms with Crippen LogP contribution in [0.5, 0.6) is 0 Å². The number of likely N-dealkylation sites (N-methyl/N-ethyl adjacent to an activating group) is 1. The van der Waals surface area contributed by atoms with E-state index in [0.717, 1.165) is 5.41 Å². The van der Waals surface area contributed by atoms with Gasteiger partial charge in [0.05, 0.1) is 0 Å². The van der Waals surface area contributed by atoms with Gasteiger partial charge in [0.2, 0.25) is 10.0 Å². The molecule has 1 aromatic carbocycles. The fraction of sp³-hybridized carbons (Fsp3) is 0.231. The van der Waals surface area contributed by atoms with Gasteiger partial charge in [-0.2, -0.15) is 0 Å². The quantitative estimate of drug-likeness (QED) is 0.683. The molecule has 114 valence electrons. The molecule has 0 saturated carbocycles. The predicted octanol–water partition coefficient (Wildman–Crippen LogP) is -0.134. The van der Waals surface area contributed by atoms with Crippen molar-refractivity contribution >= 4 is 28.0 Å². The summed E-state index contributed by atoms with van der Waals surface area (Å²) in [5.41, 5.74) is 0.713. The van der Waals surface area contributed by atoms with Crippen LogP contribution in [0.15, 0.2) is 35.7 Å². The van der Waals surface area contributed by atoms with Gasteiger partial charge in [-0.25, -0.2) is 13.1 Å². The molecule has 0 unspecified atom stereocenters. The van der Waals surface area contributed by atoms with E-state index in [2.05, 4.69) is 10.1 Å². The highest BCUT2D eigenvalue weighted by atomic mass is 32.2. The molecule has 0 heterocycles. The van der Waals surface area contributed by atoms with Crippen molar-refractivity contribution in [3.05, 3.63) is 41.3 Å². The van der Waals surface area contributed by atoms with Gasteiger partial charge in [-0.05, 0) is 11.6 Å². The van der Waals surface area contributed by atoms with Crippen LogP contribution >= 0.6 is 0 Å². The van der Waals surface area contributed by atoms with Crippen molar-refractivity contribution in [3.8, 4) is 0 Å². The molecule has 0 spiro atoms. The summed E-state index contributed by atoms with van der Waals surface area (Å²) in [6.07, 6.45) is 1.40. The van der Waals surface area contributed by atoms with Crippen molar-refractivity contribution in [3.63, 3.8) is 0 Å². The Hall–Kier alpha value is -2.19. The molecule has 21 heavy (non-hydrogen) atoms. The van der Waals surface area contributed by atoms with E-state index in [1.807, 2.05) is 10.8 Å². The van der Waals surface area contributed by atoms with Gasteiger partial charge < -0.3 is 10.1 Å². The number of hydrogen-bond donors (Lipinski definition) is 2. The van der Waals surface area contributed by atoms with Gasteiger partial charge >= 0.3 is 5.97 Å². The van der Waals surface area contributed by atoms with Crippen LogP contribution in [0, 0.1) is 0 Å². The molecular weight excluding hydrogens is 296 g/mol. The first-order valence-electron chi connectivity index (χ1n) is 6.02. The second-order valence-corrected chi connectivity index (χ2v) is 5.56. The van der Waals surface area contributed by atoms with Gasteiger partial charge in [0.15, 0.2) is 6.61 Å². The molecule has 0 aliphatic carbocycles. The topological polar surface area (TPSA) is 102 Å². The third-order valence-corrected chi connectivity index (χ3v) is 3.34. The van der Waals surface area contributed by atoms with Crippen LogP contribution in [0.4, 0.5) is 0 Å². The fourth-order valence-corrected chi connectivity index (χ4v) is 1.96. The molecule has 1 amide bonds. The van der Waals surface area contributed by atoms with E-state index in [0.29, 0.717) is 5.56 Å². The highest BCUT2D eigenvalue weighted by Crippen LogP contribution is 2.02. The smallest absolute Gasteiger partial charge is 0.321 e. The normalized spacial score (nSPS) is 11.3. The second-order valence-electron chi connectivity index (χ2n) is 3.91. The summed E-state index contributed by atoms with van der Waals surface area (Å²) in [6.45, 7) is -0.991. The average molecular weight is 312 g/mol. The number of nitrogens with one attached hydrogen (secondary N) is 2. The van der Waals surface area contributed by atoms with Crippen LogP contribution in [0.2, 0.25) is 0 Å². The Kier molecular flexibility index (Phi) is 6.57. The Morgan fingerprint density at radius 1 is 1.24 bits per heavy atom. The third kappa shape index (κ3) is 7.23. The van der Waals surface area contributed by atoms with Crippen molar-refractivity contribution in [1.82, 2.24) is 10.0 Å². The van der Waals surface area contributed by atoms with Crippen molar-refractivity contribution in [1.29, 1.82) is 0 Å². The van der Waals surface area contributed by atoms with Gasteiger partial charge in [-0.3, -0.25) is 9.59 Å². The number of amides is 1. The summed E-state index contributed by atoms with van der Waals surface area (Å²) in [4.78, 5) is 22.1. The maximum absolute atomic E-state index is 11.6. The van der Waals surface area contributed by atoms with E-state index in [4.69, 9.17) is 0 Å². The molecule has 2 N–H and O–H groups in total. The van der Waals surface area contributed by atoms with Crippen molar-refractivity contribution < 1.29 is 22.7 Å². The van der Waals surface area contributed by atoms with Gasteiger partial charge in [0.1, 0.15) is 6.54 Å². The van der Waals surface area contributed by atoms with Crippen LogP contribution in [-0.4, -0.2) is 40.5 Å².